The molecule has 0 aliphatic rings. The van der Waals surface area contributed by atoms with E-state index < -0.39 is 6.04 Å². The summed E-state index contributed by atoms with van der Waals surface area (Å²) in [7, 11) is 0. The number of pyridine rings is 1. The fourth-order valence-electron chi connectivity index (χ4n) is 2.11. The van der Waals surface area contributed by atoms with E-state index in [4.69, 9.17) is 11.6 Å². The van der Waals surface area contributed by atoms with Gasteiger partial charge in [0.05, 0.1) is 5.02 Å². The molecule has 0 bridgehead atoms. The van der Waals surface area contributed by atoms with Crippen molar-refractivity contribution in [2.45, 2.75) is 12.5 Å². The molecule has 2 heterocycles. The number of amides is 1. The Balaban J connectivity index is 1.80. The lowest BCUT2D eigenvalue weighted by molar-refractivity contribution is -0.119. The molecule has 0 unspecified atom stereocenters. The first-order valence-electron chi connectivity index (χ1n) is 6.91. The quantitative estimate of drug-likeness (QED) is 0.775. The van der Waals surface area contributed by atoms with Gasteiger partial charge >= 0.3 is 0 Å². The molecule has 1 aromatic carbocycles. The maximum absolute atomic E-state index is 12.6. The van der Waals surface area contributed by atoms with E-state index >= 15 is 0 Å². The number of rotatable bonds is 5. The van der Waals surface area contributed by atoms with Gasteiger partial charge in [-0.05, 0) is 28.1 Å². The van der Waals surface area contributed by atoms with Crippen LogP contribution >= 0.6 is 11.6 Å². The van der Waals surface area contributed by atoms with E-state index in [2.05, 4.69) is 25.8 Å². The van der Waals surface area contributed by atoms with Gasteiger partial charge in [-0.15, -0.1) is 5.10 Å². The zero-order valence-corrected chi connectivity index (χ0v) is 12.8. The third-order valence-electron chi connectivity index (χ3n) is 3.24. The van der Waals surface area contributed by atoms with Crippen molar-refractivity contribution in [2.75, 3.05) is 5.32 Å². The van der Waals surface area contributed by atoms with Crippen molar-refractivity contribution in [1.29, 1.82) is 0 Å². The van der Waals surface area contributed by atoms with Crippen LogP contribution in [-0.2, 0) is 11.2 Å². The van der Waals surface area contributed by atoms with E-state index in [-0.39, 0.29) is 5.91 Å². The van der Waals surface area contributed by atoms with Gasteiger partial charge in [-0.2, -0.15) is 0 Å². The van der Waals surface area contributed by atoms with Crippen LogP contribution < -0.4 is 5.32 Å². The molecule has 0 saturated heterocycles. The number of hydrogen-bond acceptors (Lipinski definition) is 5. The number of anilines is 1. The minimum atomic E-state index is -0.579. The second kappa shape index (κ2) is 6.97. The number of nitrogens with one attached hydrogen (secondary N) is 1. The van der Waals surface area contributed by atoms with Crippen molar-refractivity contribution in [1.82, 2.24) is 25.2 Å². The molecule has 1 N–H and O–H groups in total. The smallest absolute Gasteiger partial charge is 0.250 e. The Morgan fingerprint density at radius 3 is 2.70 bits per heavy atom. The van der Waals surface area contributed by atoms with Gasteiger partial charge in [0.15, 0.2) is 0 Å². The van der Waals surface area contributed by atoms with Crippen LogP contribution in [0.1, 0.15) is 11.6 Å². The normalized spacial score (nSPS) is 11.9. The third-order valence-corrected chi connectivity index (χ3v) is 3.46. The first kappa shape index (κ1) is 15.1. The molecular formula is C15H13ClN6O. The Morgan fingerprint density at radius 1 is 1.22 bits per heavy atom. The Labute approximate surface area is 137 Å². The fourth-order valence-corrected chi connectivity index (χ4v) is 2.23. The zero-order valence-electron chi connectivity index (χ0n) is 12.0. The molecule has 2 aromatic heterocycles. The van der Waals surface area contributed by atoms with E-state index in [0.717, 1.165) is 5.56 Å². The molecule has 23 heavy (non-hydrogen) atoms. The highest BCUT2D eigenvalue weighted by Crippen LogP contribution is 2.16. The van der Waals surface area contributed by atoms with E-state index in [1.807, 2.05) is 30.3 Å². The molecule has 7 nitrogen and oxygen atoms in total. The van der Waals surface area contributed by atoms with Crippen LogP contribution in [0.5, 0.6) is 0 Å². The summed E-state index contributed by atoms with van der Waals surface area (Å²) in [6.07, 6.45) is 3.36. The number of nitrogens with zero attached hydrogens (tertiary/aromatic N) is 5. The van der Waals surface area contributed by atoms with Gasteiger partial charge in [-0.1, -0.05) is 41.9 Å². The Bertz CT molecular complexity index is 760. The Hall–Kier alpha value is -2.80. The molecule has 1 atom stereocenters. The van der Waals surface area contributed by atoms with Gasteiger partial charge in [0, 0.05) is 12.6 Å². The number of halogens is 1. The monoisotopic (exact) mass is 328 g/mol. The summed E-state index contributed by atoms with van der Waals surface area (Å²) in [5.74, 6) is 0.168. The number of carbonyl (C=O) groups is 1. The number of benzene rings is 1. The topological polar surface area (TPSA) is 85.6 Å². The summed E-state index contributed by atoms with van der Waals surface area (Å²) in [4.78, 5) is 16.7. The lowest BCUT2D eigenvalue weighted by Gasteiger charge is -2.16. The molecule has 3 aromatic rings. The highest BCUT2D eigenvalue weighted by Gasteiger charge is 2.22. The van der Waals surface area contributed by atoms with Crippen LogP contribution in [0.4, 0.5) is 5.82 Å². The van der Waals surface area contributed by atoms with Crippen molar-refractivity contribution in [3.8, 4) is 0 Å². The van der Waals surface area contributed by atoms with Gasteiger partial charge in [0.1, 0.15) is 18.2 Å². The summed E-state index contributed by atoms with van der Waals surface area (Å²) in [5, 5.41) is 14.3. The predicted octanol–water partition coefficient (Wildman–Crippen LogP) is 2.14. The molecule has 3 rings (SSSR count). The van der Waals surface area contributed by atoms with Crippen molar-refractivity contribution in [3.05, 3.63) is 65.6 Å². The first-order valence-corrected chi connectivity index (χ1v) is 7.29. The predicted molar refractivity (Wildman–Crippen MR) is 84.9 cm³/mol. The van der Waals surface area contributed by atoms with Gasteiger partial charge in [0.25, 0.3) is 5.91 Å². The molecular weight excluding hydrogens is 316 g/mol. The third kappa shape index (κ3) is 3.89. The van der Waals surface area contributed by atoms with Crippen molar-refractivity contribution in [3.63, 3.8) is 0 Å². The molecule has 0 radical (unpaired) electrons. The highest BCUT2D eigenvalue weighted by molar-refractivity contribution is 6.30. The van der Waals surface area contributed by atoms with Crippen LogP contribution in [0.25, 0.3) is 0 Å². The first-order chi connectivity index (χ1) is 11.2. The average molecular weight is 329 g/mol. The standard InChI is InChI=1S/C15H13ClN6O/c16-12-6-7-14(17-9-12)19-15(23)13(22-10-18-20-21-22)8-11-4-2-1-3-5-11/h1-7,9-10,13H,8H2,(H,17,19,23)/t13-/m0/s1. The summed E-state index contributed by atoms with van der Waals surface area (Å²) in [5.41, 5.74) is 1.01. The summed E-state index contributed by atoms with van der Waals surface area (Å²) >= 11 is 5.79. The van der Waals surface area contributed by atoms with E-state index in [9.17, 15) is 4.79 Å². The SMILES string of the molecule is O=C(Nc1ccc(Cl)cn1)[C@H](Cc1ccccc1)n1cnnn1. The zero-order chi connectivity index (χ0) is 16.1. The molecule has 116 valence electrons. The lowest BCUT2D eigenvalue weighted by atomic mass is 10.1. The molecule has 1 amide bonds. The van der Waals surface area contributed by atoms with Crippen LogP contribution in [0.2, 0.25) is 5.02 Å². The van der Waals surface area contributed by atoms with Gasteiger partial charge < -0.3 is 5.32 Å². The Morgan fingerprint density at radius 2 is 2.04 bits per heavy atom. The van der Waals surface area contributed by atoms with E-state index in [0.29, 0.717) is 17.3 Å². The van der Waals surface area contributed by atoms with Crippen molar-refractivity contribution in [2.24, 2.45) is 0 Å². The van der Waals surface area contributed by atoms with Crippen molar-refractivity contribution < 1.29 is 4.79 Å². The number of hydrogen-bond donors (Lipinski definition) is 1. The van der Waals surface area contributed by atoms with Crippen LogP contribution in [0.15, 0.2) is 55.0 Å². The van der Waals surface area contributed by atoms with Gasteiger partial charge in [0.2, 0.25) is 0 Å². The minimum Gasteiger partial charge on any atom is -0.309 e. The maximum Gasteiger partial charge on any atom is 0.250 e. The summed E-state index contributed by atoms with van der Waals surface area (Å²) in [6, 6.07) is 12.4. The maximum atomic E-state index is 12.6. The molecule has 0 aliphatic heterocycles. The van der Waals surface area contributed by atoms with Crippen LogP contribution in [0, 0.1) is 0 Å². The largest absolute Gasteiger partial charge is 0.309 e. The second-order valence-corrected chi connectivity index (χ2v) is 5.28. The second-order valence-electron chi connectivity index (χ2n) is 4.85. The summed E-state index contributed by atoms with van der Waals surface area (Å²) in [6.45, 7) is 0. The van der Waals surface area contributed by atoms with Crippen LogP contribution in [-0.4, -0.2) is 31.1 Å². The fraction of sp³-hybridized carbons (Fsp3) is 0.133. The van der Waals surface area contributed by atoms with E-state index in [1.54, 1.807) is 12.1 Å². The lowest BCUT2D eigenvalue weighted by Crippen LogP contribution is -2.28. The number of carbonyl (C=O) groups excluding carboxylic acids is 1. The molecule has 8 heteroatoms. The molecule has 0 spiro atoms. The van der Waals surface area contributed by atoms with Crippen molar-refractivity contribution >= 4 is 23.3 Å². The Kier molecular flexibility index (Phi) is 4.58. The minimum absolute atomic E-state index is 0.254. The average Bonchev–Trinajstić information content (AvgIpc) is 3.10. The molecule has 0 saturated carbocycles. The number of tetrazole rings is 1. The van der Waals surface area contributed by atoms with E-state index in [1.165, 1.54) is 17.2 Å². The van der Waals surface area contributed by atoms with Gasteiger partial charge in [-0.25, -0.2) is 9.67 Å². The van der Waals surface area contributed by atoms with Gasteiger partial charge in [-0.3, -0.25) is 4.79 Å². The summed E-state index contributed by atoms with van der Waals surface area (Å²) < 4.78 is 1.43. The molecule has 0 fully saturated rings. The molecule has 0 aliphatic carbocycles. The highest BCUT2D eigenvalue weighted by atomic mass is 35.5. The number of aromatic nitrogens is 5. The van der Waals surface area contributed by atoms with Crippen LogP contribution in [0.3, 0.4) is 0 Å².